The van der Waals surface area contributed by atoms with E-state index in [1.165, 1.54) is 0 Å². The number of ether oxygens (including phenoxy) is 1. The van der Waals surface area contributed by atoms with Crippen molar-refractivity contribution in [3.63, 3.8) is 0 Å². The Morgan fingerprint density at radius 3 is 2.30 bits per heavy atom. The number of hydrogen-bond donors (Lipinski definition) is 2. The van der Waals surface area contributed by atoms with E-state index in [1.54, 1.807) is 19.1 Å². The van der Waals surface area contributed by atoms with Gasteiger partial charge >= 0.3 is 5.97 Å². The Morgan fingerprint density at radius 1 is 1.00 bits per heavy atom. The van der Waals surface area contributed by atoms with Gasteiger partial charge in [0.15, 0.2) is 0 Å². The number of aromatic carboxylic acids is 1. The van der Waals surface area contributed by atoms with Crippen molar-refractivity contribution in [3.8, 4) is 0 Å². The van der Waals surface area contributed by atoms with Gasteiger partial charge in [-0.25, -0.2) is 4.79 Å². The van der Waals surface area contributed by atoms with Gasteiger partial charge in [0.05, 0.1) is 11.0 Å². The van der Waals surface area contributed by atoms with Crippen LogP contribution in [0.5, 0.6) is 0 Å². The van der Waals surface area contributed by atoms with E-state index < -0.39 is 11.4 Å². The number of anilines is 1. The minimum absolute atomic E-state index is 0.108. The van der Waals surface area contributed by atoms with Gasteiger partial charge in [-0.1, -0.05) is 30.3 Å². The predicted octanol–water partition coefficient (Wildman–Crippen LogP) is 4.00. The maximum Gasteiger partial charge on any atom is 0.336 e. The molecule has 2 N–H and O–H groups in total. The lowest BCUT2D eigenvalue weighted by Crippen LogP contribution is -2.45. The molecule has 0 saturated carbocycles. The van der Waals surface area contributed by atoms with Crippen LogP contribution >= 0.6 is 0 Å². The summed E-state index contributed by atoms with van der Waals surface area (Å²) in [7, 11) is 0. The van der Waals surface area contributed by atoms with E-state index in [0.29, 0.717) is 37.3 Å². The van der Waals surface area contributed by atoms with Gasteiger partial charge in [-0.05, 0) is 61.9 Å². The highest BCUT2D eigenvalue weighted by Gasteiger charge is 2.42. The maximum atomic E-state index is 13.4. The minimum Gasteiger partial charge on any atom is -0.478 e. The summed E-state index contributed by atoms with van der Waals surface area (Å²) in [6, 6.07) is 11.3. The summed E-state index contributed by atoms with van der Waals surface area (Å²) >= 11 is 0. The molecule has 0 aliphatic carbocycles. The van der Waals surface area contributed by atoms with Crippen molar-refractivity contribution in [3.05, 3.63) is 64.2 Å². The Morgan fingerprint density at radius 2 is 1.67 bits per heavy atom. The zero-order valence-corrected chi connectivity index (χ0v) is 16.0. The first-order valence-corrected chi connectivity index (χ1v) is 9.15. The van der Waals surface area contributed by atoms with Gasteiger partial charge in [0.1, 0.15) is 0 Å². The van der Waals surface area contributed by atoms with Gasteiger partial charge in [0.2, 0.25) is 5.91 Å². The van der Waals surface area contributed by atoms with Crippen molar-refractivity contribution >= 4 is 17.6 Å². The first-order chi connectivity index (χ1) is 12.8. The largest absolute Gasteiger partial charge is 0.478 e. The lowest BCUT2D eigenvalue weighted by molar-refractivity contribution is -0.125. The Bertz CT molecular complexity index is 882. The Hall–Kier alpha value is -2.66. The molecule has 0 unspecified atom stereocenters. The van der Waals surface area contributed by atoms with Crippen LogP contribution in [0.25, 0.3) is 0 Å². The maximum absolute atomic E-state index is 13.4. The molecular formula is C22H25NO4. The molecule has 1 amide bonds. The number of amides is 1. The van der Waals surface area contributed by atoms with E-state index in [2.05, 4.69) is 5.32 Å². The number of aryl methyl sites for hydroxylation is 3. The van der Waals surface area contributed by atoms with Gasteiger partial charge in [0, 0.05) is 18.9 Å². The molecule has 0 radical (unpaired) electrons. The summed E-state index contributed by atoms with van der Waals surface area (Å²) in [6.45, 7) is 6.69. The zero-order valence-electron chi connectivity index (χ0n) is 16.0. The van der Waals surface area contributed by atoms with Crippen molar-refractivity contribution in [2.75, 3.05) is 18.5 Å². The van der Waals surface area contributed by atoms with Crippen molar-refractivity contribution < 1.29 is 19.4 Å². The van der Waals surface area contributed by atoms with Crippen molar-refractivity contribution in [2.45, 2.75) is 39.0 Å². The van der Waals surface area contributed by atoms with Gasteiger partial charge in [-0.2, -0.15) is 0 Å². The van der Waals surface area contributed by atoms with E-state index in [9.17, 15) is 14.7 Å². The van der Waals surface area contributed by atoms with Gasteiger partial charge < -0.3 is 15.2 Å². The van der Waals surface area contributed by atoms with Crippen molar-refractivity contribution in [2.24, 2.45) is 0 Å². The molecule has 3 rings (SSSR count). The smallest absolute Gasteiger partial charge is 0.336 e. The Labute approximate surface area is 159 Å². The fourth-order valence-electron chi connectivity index (χ4n) is 3.91. The summed E-state index contributed by atoms with van der Waals surface area (Å²) in [5.74, 6) is -1.11. The van der Waals surface area contributed by atoms with Crippen LogP contribution in [0.3, 0.4) is 0 Å². The molecule has 1 heterocycles. The van der Waals surface area contributed by atoms with Crippen LogP contribution in [-0.2, 0) is 14.9 Å². The van der Waals surface area contributed by atoms with E-state index >= 15 is 0 Å². The molecular weight excluding hydrogens is 342 g/mol. The lowest BCUT2D eigenvalue weighted by atomic mass is 9.71. The molecule has 0 atom stereocenters. The van der Waals surface area contributed by atoms with Crippen molar-refractivity contribution in [1.82, 2.24) is 0 Å². The SMILES string of the molecule is Cc1cc(C)c(C(=O)O)cc1NC(=O)C1(c2ccccc2C)CCOCC1. The van der Waals surface area contributed by atoms with E-state index in [1.807, 2.05) is 38.1 Å². The van der Waals surface area contributed by atoms with Crippen LogP contribution in [0.4, 0.5) is 5.69 Å². The molecule has 1 aliphatic heterocycles. The van der Waals surface area contributed by atoms with E-state index in [-0.39, 0.29) is 11.5 Å². The molecule has 0 aromatic heterocycles. The summed E-state index contributed by atoms with van der Waals surface area (Å²) in [6.07, 6.45) is 1.20. The molecule has 5 nitrogen and oxygen atoms in total. The van der Waals surface area contributed by atoms with Crippen LogP contribution < -0.4 is 5.32 Å². The molecule has 2 aromatic carbocycles. The highest BCUT2D eigenvalue weighted by Crippen LogP contribution is 2.38. The molecule has 142 valence electrons. The quantitative estimate of drug-likeness (QED) is 0.856. The fourth-order valence-corrected chi connectivity index (χ4v) is 3.91. The topological polar surface area (TPSA) is 75.6 Å². The number of rotatable bonds is 4. The second-order valence-corrected chi connectivity index (χ2v) is 7.25. The molecule has 1 saturated heterocycles. The standard InChI is InChI=1S/C22H25NO4/c1-14-6-4-5-7-18(14)22(8-10-27-11-9-22)21(26)23-19-13-17(20(24)25)15(2)12-16(19)3/h4-7,12-13H,8-11H2,1-3H3,(H,23,26)(H,24,25). The molecule has 5 heteroatoms. The highest BCUT2D eigenvalue weighted by molar-refractivity contribution is 6.01. The molecule has 1 fully saturated rings. The van der Waals surface area contributed by atoms with Gasteiger partial charge in [0.25, 0.3) is 0 Å². The number of carboxylic acids is 1. The normalized spacial score (nSPS) is 16.0. The number of benzene rings is 2. The number of carbonyl (C=O) groups excluding carboxylic acids is 1. The summed E-state index contributed by atoms with van der Waals surface area (Å²) in [5.41, 5.74) is 3.67. The average molecular weight is 367 g/mol. The van der Waals surface area contributed by atoms with Crippen LogP contribution in [0.15, 0.2) is 36.4 Å². The molecule has 2 aromatic rings. The monoisotopic (exact) mass is 367 g/mol. The molecule has 0 bridgehead atoms. The van der Waals surface area contributed by atoms with Crippen LogP contribution in [-0.4, -0.2) is 30.2 Å². The number of nitrogens with one attached hydrogen (secondary N) is 1. The molecule has 27 heavy (non-hydrogen) atoms. The van der Waals surface area contributed by atoms with Crippen molar-refractivity contribution in [1.29, 1.82) is 0 Å². The number of hydrogen-bond acceptors (Lipinski definition) is 3. The van der Waals surface area contributed by atoms with Crippen LogP contribution in [0.1, 0.15) is 45.5 Å². The first kappa shape index (κ1) is 19.1. The highest BCUT2D eigenvalue weighted by atomic mass is 16.5. The third-order valence-corrected chi connectivity index (χ3v) is 5.49. The summed E-state index contributed by atoms with van der Waals surface area (Å²) in [5, 5.41) is 12.4. The first-order valence-electron chi connectivity index (χ1n) is 9.15. The Balaban J connectivity index is 2.01. The predicted molar refractivity (Wildman–Crippen MR) is 104 cm³/mol. The third-order valence-electron chi connectivity index (χ3n) is 5.49. The minimum atomic E-state index is -0.998. The van der Waals surface area contributed by atoms with Gasteiger partial charge in [-0.15, -0.1) is 0 Å². The Kier molecular flexibility index (Phi) is 5.33. The number of carbonyl (C=O) groups is 2. The fraction of sp³-hybridized carbons (Fsp3) is 0.364. The second-order valence-electron chi connectivity index (χ2n) is 7.25. The summed E-state index contributed by atoms with van der Waals surface area (Å²) < 4.78 is 5.52. The lowest BCUT2D eigenvalue weighted by Gasteiger charge is -2.37. The molecule has 0 spiro atoms. The van der Waals surface area contributed by atoms with E-state index in [0.717, 1.165) is 16.7 Å². The molecule has 1 aliphatic rings. The zero-order chi connectivity index (χ0) is 19.6. The number of carboxylic acid groups (broad SMARTS) is 1. The third kappa shape index (κ3) is 3.60. The summed E-state index contributed by atoms with van der Waals surface area (Å²) in [4.78, 5) is 24.9. The second kappa shape index (κ2) is 7.53. The van der Waals surface area contributed by atoms with Crippen LogP contribution in [0.2, 0.25) is 0 Å². The van der Waals surface area contributed by atoms with E-state index in [4.69, 9.17) is 4.74 Å². The van der Waals surface area contributed by atoms with Crippen LogP contribution in [0, 0.1) is 20.8 Å². The average Bonchev–Trinajstić information content (AvgIpc) is 2.64. The van der Waals surface area contributed by atoms with Gasteiger partial charge in [-0.3, -0.25) is 4.79 Å².